The van der Waals surface area contributed by atoms with Crippen molar-refractivity contribution in [1.29, 1.82) is 0 Å². The van der Waals surface area contributed by atoms with Crippen LogP contribution in [0.25, 0.3) is 0 Å². The van der Waals surface area contributed by atoms with Gasteiger partial charge in [0.15, 0.2) is 0 Å². The standard InChI is InChI=1S/C17H25N3O.C2H2O4/c18-17(21)13-5-7-16(8-6-13)19-9-2-10-20-11-14-3-1-4-15(14)12-20;3-1(4)2(5)6/h5-8,14-15,19H,1-4,9-12H2,(H2,18,21);(H,3,4)(H,5,6). The van der Waals surface area contributed by atoms with Crippen LogP contribution in [0, 0.1) is 11.8 Å². The van der Waals surface area contributed by atoms with Gasteiger partial charge in [-0.05, 0) is 61.9 Å². The molecule has 2 fully saturated rings. The summed E-state index contributed by atoms with van der Waals surface area (Å²) in [6, 6.07) is 7.37. The van der Waals surface area contributed by atoms with Gasteiger partial charge in [-0.15, -0.1) is 0 Å². The number of benzene rings is 1. The van der Waals surface area contributed by atoms with Crippen molar-refractivity contribution in [3.8, 4) is 0 Å². The number of rotatable bonds is 6. The minimum Gasteiger partial charge on any atom is -0.473 e. The van der Waals surface area contributed by atoms with E-state index in [4.69, 9.17) is 25.5 Å². The molecule has 1 heterocycles. The lowest BCUT2D eigenvalue weighted by Crippen LogP contribution is -2.24. The largest absolute Gasteiger partial charge is 0.473 e. The normalized spacial score (nSPS) is 21.0. The highest BCUT2D eigenvalue weighted by Gasteiger charge is 2.35. The Hall–Kier alpha value is -2.61. The second kappa shape index (κ2) is 9.91. The molecule has 5 N–H and O–H groups in total. The van der Waals surface area contributed by atoms with E-state index in [1.54, 1.807) is 12.1 Å². The van der Waals surface area contributed by atoms with Gasteiger partial charge in [0.05, 0.1) is 0 Å². The molecule has 1 saturated heterocycles. The first-order chi connectivity index (χ1) is 12.9. The number of carbonyl (C=O) groups excluding carboxylic acids is 1. The lowest BCUT2D eigenvalue weighted by Gasteiger charge is -2.16. The Kier molecular flexibility index (Phi) is 7.60. The summed E-state index contributed by atoms with van der Waals surface area (Å²) in [6.07, 6.45) is 5.51. The van der Waals surface area contributed by atoms with Crippen LogP contribution in [0.2, 0.25) is 0 Å². The summed E-state index contributed by atoms with van der Waals surface area (Å²) in [4.78, 5) is 31.8. The third-order valence-electron chi connectivity index (χ3n) is 5.13. The van der Waals surface area contributed by atoms with E-state index >= 15 is 0 Å². The van der Waals surface area contributed by atoms with E-state index in [1.165, 1.54) is 38.9 Å². The SMILES string of the molecule is NC(=O)c1ccc(NCCCN2CC3CCCC3C2)cc1.O=C(O)C(=O)O. The molecule has 1 aliphatic heterocycles. The van der Waals surface area contributed by atoms with Crippen molar-refractivity contribution in [3.63, 3.8) is 0 Å². The summed E-state index contributed by atoms with van der Waals surface area (Å²) in [6.45, 7) is 4.80. The van der Waals surface area contributed by atoms with E-state index in [2.05, 4.69) is 10.2 Å². The quantitative estimate of drug-likeness (QED) is 0.436. The highest BCUT2D eigenvalue weighted by molar-refractivity contribution is 6.27. The number of fused-ring (bicyclic) bond motifs is 1. The second-order valence-corrected chi connectivity index (χ2v) is 7.04. The minimum atomic E-state index is -1.82. The number of carboxylic acid groups (broad SMARTS) is 2. The third-order valence-corrected chi connectivity index (χ3v) is 5.13. The highest BCUT2D eigenvalue weighted by Crippen LogP contribution is 2.37. The van der Waals surface area contributed by atoms with E-state index in [-0.39, 0.29) is 5.91 Å². The van der Waals surface area contributed by atoms with Crippen LogP contribution in [0.5, 0.6) is 0 Å². The van der Waals surface area contributed by atoms with Crippen LogP contribution >= 0.6 is 0 Å². The number of aliphatic carboxylic acids is 2. The molecule has 1 aromatic rings. The van der Waals surface area contributed by atoms with Gasteiger partial charge in [0.25, 0.3) is 0 Å². The molecule has 27 heavy (non-hydrogen) atoms. The number of nitrogens with two attached hydrogens (primary N) is 1. The Morgan fingerprint density at radius 1 is 1.04 bits per heavy atom. The lowest BCUT2D eigenvalue weighted by molar-refractivity contribution is -0.159. The summed E-state index contributed by atoms with van der Waals surface area (Å²) < 4.78 is 0. The number of carbonyl (C=O) groups is 3. The Balaban J connectivity index is 0.000000380. The molecule has 2 atom stereocenters. The molecule has 2 aliphatic rings. The first-order valence-electron chi connectivity index (χ1n) is 9.19. The summed E-state index contributed by atoms with van der Waals surface area (Å²) >= 11 is 0. The van der Waals surface area contributed by atoms with Gasteiger partial charge < -0.3 is 26.2 Å². The number of carboxylic acids is 2. The zero-order valence-electron chi connectivity index (χ0n) is 15.3. The Labute approximate surface area is 158 Å². The number of nitrogens with zero attached hydrogens (tertiary/aromatic N) is 1. The van der Waals surface area contributed by atoms with Gasteiger partial charge in [0.1, 0.15) is 0 Å². The Morgan fingerprint density at radius 3 is 2.07 bits per heavy atom. The van der Waals surface area contributed by atoms with Gasteiger partial charge in [0.2, 0.25) is 5.91 Å². The Bertz CT molecular complexity index is 638. The minimum absolute atomic E-state index is 0.374. The van der Waals surface area contributed by atoms with Gasteiger partial charge in [-0.1, -0.05) is 6.42 Å². The topological polar surface area (TPSA) is 133 Å². The summed E-state index contributed by atoms with van der Waals surface area (Å²) in [5.41, 5.74) is 6.84. The number of hydrogen-bond donors (Lipinski definition) is 4. The fourth-order valence-corrected chi connectivity index (χ4v) is 3.80. The predicted octanol–water partition coefficient (Wildman–Crippen LogP) is 1.47. The Morgan fingerprint density at radius 2 is 1.59 bits per heavy atom. The van der Waals surface area contributed by atoms with Gasteiger partial charge >= 0.3 is 11.9 Å². The fourth-order valence-electron chi connectivity index (χ4n) is 3.80. The van der Waals surface area contributed by atoms with Gasteiger partial charge in [-0.3, -0.25) is 4.79 Å². The molecule has 0 aromatic heterocycles. The maximum Gasteiger partial charge on any atom is 0.414 e. The van der Waals surface area contributed by atoms with Crippen molar-refractivity contribution < 1.29 is 24.6 Å². The molecule has 1 aromatic carbocycles. The molecule has 8 heteroatoms. The molecular weight excluding hydrogens is 350 g/mol. The van der Waals surface area contributed by atoms with Crippen LogP contribution in [0.15, 0.2) is 24.3 Å². The molecule has 2 unspecified atom stereocenters. The molecule has 3 rings (SSSR count). The first-order valence-corrected chi connectivity index (χ1v) is 9.19. The molecule has 148 valence electrons. The van der Waals surface area contributed by atoms with E-state index in [1.807, 2.05) is 12.1 Å². The van der Waals surface area contributed by atoms with Crippen LogP contribution in [-0.4, -0.2) is 59.1 Å². The van der Waals surface area contributed by atoms with Crippen molar-refractivity contribution in [2.24, 2.45) is 17.6 Å². The van der Waals surface area contributed by atoms with Crippen molar-refractivity contribution >= 4 is 23.5 Å². The molecule has 1 saturated carbocycles. The van der Waals surface area contributed by atoms with Crippen LogP contribution in [0.4, 0.5) is 5.69 Å². The average molecular weight is 377 g/mol. The average Bonchev–Trinajstić information content (AvgIpc) is 3.21. The number of amides is 1. The third kappa shape index (κ3) is 6.56. The molecule has 1 amide bonds. The molecular formula is C19H27N3O5. The maximum absolute atomic E-state index is 11.0. The number of anilines is 1. The second-order valence-electron chi connectivity index (χ2n) is 7.04. The molecule has 0 spiro atoms. The zero-order chi connectivity index (χ0) is 19.8. The van der Waals surface area contributed by atoms with Gasteiger partial charge in [-0.2, -0.15) is 0 Å². The first kappa shape index (κ1) is 20.7. The zero-order valence-corrected chi connectivity index (χ0v) is 15.3. The predicted molar refractivity (Wildman–Crippen MR) is 101 cm³/mol. The summed E-state index contributed by atoms with van der Waals surface area (Å²) in [5, 5.41) is 18.2. The molecule has 1 aliphatic carbocycles. The number of hydrogen-bond acceptors (Lipinski definition) is 5. The molecule has 0 radical (unpaired) electrons. The lowest BCUT2D eigenvalue weighted by atomic mass is 10.0. The number of likely N-dealkylation sites (tertiary alicyclic amines) is 1. The summed E-state index contributed by atoms with van der Waals surface area (Å²) in [5.74, 6) is -2.05. The smallest absolute Gasteiger partial charge is 0.414 e. The monoisotopic (exact) mass is 377 g/mol. The van der Waals surface area contributed by atoms with Crippen LogP contribution in [0.1, 0.15) is 36.0 Å². The number of nitrogens with one attached hydrogen (secondary N) is 1. The van der Waals surface area contributed by atoms with E-state index < -0.39 is 11.9 Å². The van der Waals surface area contributed by atoms with Crippen LogP contribution in [-0.2, 0) is 9.59 Å². The molecule has 8 nitrogen and oxygen atoms in total. The highest BCUT2D eigenvalue weighted by atomic mass is 16.4. The number of primary amides is 1. The fraction of sp³-hybridized carbons (Fsp3) is 0.526. The summed E-state index contributed by atoms with van der Waals surface area (Å²) in [7, 11) is 0. The van der Waals surface area contributed by atoms with Gasteiger partial charge in [-0.25, -0.2) is 9.59 Å². The van der Waals surface area contributed by atoms with Crippen LogP contribution < -0.4 is 11.1 Å². The van der Waals surface area contributed by atoms with Crippen molar-refractivity contribution in [3.05, 3.63) is 29.8 Å². The van der Waals surface area contributed by atoms with E-state index in [0.29, 0.717) is 5.56 Å². The molecule has 0 bridgehead atoms. The van der Waals surface area contributed by atoms with Gasteiger partial charge in [0, 0.05) is 30.9 Å². The van der Waals surface area contributed by atoms with Crippen molar-refractivity contribution in [1.82, 2.24) is 4.90 Å². The van der Waals surface area contributed by atoms with Crippen molar-refractivity contribution in [2.45, 2.75) is 25.7 Å². The van der Waals surface area contributed by atoms with E-state index in [0.717, 1.165) is 30.5 Å². The van der Waals surface area contributed by atoms with E-state index in [9.17, 15) is 4.79 Å². The maximum atomic E-state index is 11.0. The van der Waals surface area contributed by atoms with Crippen molar-refractivity contribution in [2.75, 3.05) is 31.5 Å². The van der Waals surface area contributed by atoms with Crippen LogP contribution in [0.3, 0.4) is 0 Å².